The summed E-state index contributed by atoms with van der Waals surface area (Å²) >= 11 is 0. The summed E-state index contributed by atoms with van der Waals surface area (Å²) in [5, 5.41) is 3.36. The molecule has 1 saturated carbocycles. The maximum Gasteiger partial charge on any atom is 0.316 e. The van der Waals surface area contributed by atoms with E-state index in [1.54, 1.807) is 24.3 Å². The summed E-state index contributed by atoms with van der Waals surface area (Å²) < 4.78 is 24.1. The van der Waals surface area contributed by atoms with Crippen LogP contribution in [0.2, 0.25) is 0 Å². The van der Waals surface area contributed by atoms with Crippen LogP contribution in [0.5, 0.6) is 6.01 Å². The lowest BCUT2D eigenvalue weighted by Gasteiger charge is -2.28. The van der Waals surface area contributed by atoms with Gasteiger partial charge in [0.1, 0.15) is 11.7 Å². The molecule has 28 heavy (non-hydrogen) atoms. The molecule has 2 heterocycles. The van der Waals surface area contributed by atoms with Crippen LogP contribution in [-0.4, -0.2) is 28.0 Å². The van der Waals surface area contributed by atoms with Crippen LogP contribution in [-0.2, 0) is 0 Å². The summed E-state index contributed by atoms with van der Waals surface area (Å²) in [5.74, 6) is -0.921. The smallest absolute Gasteiger partial charge is 0.316 e. The first-order valence-electron chi connectivity index (χ1n) is 9.06. The Kier molecular flexibility index (Phi) is 5.01. The maximum absolute atomic E-state index is 12.8. The number of halogens is 1. The largest absolute Gasteiger partial charge is 0.460 e. The number of fused-ring (bicyclic) bond motifs is 1. The fourth-order valence-electron chi connectivity index (χ4n) is 3.31. The van der Waals surface area contributed by atoms with E-state index >= 15 is 0 Å². The van der Waals surface area contributed by atoms with Gasteiger partial charge in [0.25, 0.3) is 5.91 Å². The molecule has 144 valence electrons. The van der Waals surface area contributed by atoms with Gasteiger partial charge in [0.15, 0.2) is 17.0 Å². The number of carbonyl (C=O) groups is 1. The van der Waals surface area contributed by atoms with Gasteiger partial charge in [-0.25, -0.2) is 14.4 Å². The molecule has 8 heteroatoms. The Labute approximate surface area is 159 Å². The molecule has 4 rings (SSSR count). The predicted molar refractivity (Wildman–Crippen MR) is 98.6 cm³/mol. The Morgan fingerprint density at radius 2 is 1.86 bits per heavy atom. The highest BCUT2D eigenvalue weighted by Gasteiger charge is 2.25. The van der Waals surface area contributed by atoms with Crippen LogP contribution in [0.1, 0.15) is 36.2 Å². The van der Waals surface area contributed by atoms with Crippen molar-refractivity contribution < 1.29 is 18.3 Å². The van der Waals surface area contributed by atoms with E-state index in [1.807, 2.05) is 0 Å². The molecule has 0 spiro atoms. The number of carbonyl (C=O) groups excluding carboxylic acids is 1. The summed E-state index contributed by atoms with van der Waals surface area (Å²) in [6.07, 6.45) is 4.85. The summed E-state index contributed by atoms with van der Waals surface area (Å²) in [5.41, 5.74) is 0.139. The molecule has 7 nitrogen and oxygen atoms in total. The molecule has 0 unspecified atom stereocenters. The van der Waals surface area contributed by atoms with Gasteiger partial charge in [-0.05, 0) is 37.8 Å². The minimum atomic E-state index is -0.515. The zero-order valence-corrected chi connectivity index (χ0v) is 14.9. The van der Waals surface area contributed by atoms with Gasteiger partial charge >= 0.3 is 6.01 Å². The van der Waals surface area contributed by atoms with Crippen LogP contribution >= 0.6 is 0 Å². The molecule has 1 N–H and O–H groups in total. The highest BCUT2D eigenvalue weighted by Crippen LogP contribution is 2.22. The first-order valence-corrected chi connectivity index (χ1v) is 9.06. The minimum absolute atomic E-state index is 0.00165. The average molecular weight is 383 g/mol. The molecule has 1 aromatic carbocycles. The van der Waals surface area contributed by atoms with Gasteiger partial charge in [0.2, 0.25) is 0 Å². The second kappa shape index (κ2) is 7.75. The predicted octanol–water partition coefficient (Wildman–Crippen LogP) is 2.84. The third kappa shape index (κ3) is 4.00. The van der Waals surface area contributed by atoms with Gasteiger partial charge in [-0.1, -0.05) is 12.1 Å². The quantitative estimate of drug-likeness (QED) is 0.745. The van der Waals surface area contributed by atoms with Gasteiger partial charge in [0, 0.05) is 12.1 Å². The van der Waals surface area contributed by atoms with Crippen LogP contribution in [0.15, 0.2) is 51.9 Å². The topological polar surface area (TPSA) is 94.3 Å². The van der Waals surface area contributed by atoms with Crippen molar-refractivity contribution >= 4 is 16.9 Å². The van der Waals surface area contributed by atoms with Gasteiger partial charge in [-0.2, -0.15) is 0 Å². The van der Waals surface area contributed by atoms with Gasteiger partial charge in [-0.3, -0.25) is 9.59 Å². The van der Waals surface area contributed by atoms with Gasteiger partial charge < -0.3 is 14.5 Å². The first kappa shape index (κ1) is 18.1. The van der Waals surface area contributed by atoms with E-state index in [-0.39, 0.29) is 29.3 Å². The molecule has 0 radical (unpaired) electrons. The second-order valence-electron chi connectivity index (χ2n) is 6.72. The number of aromatic nitrogens is 2. The Morgan fingerprint density at radius 3 is 2.61 bits per heavy atom. The van der Waals surface area contributed by atoms with E-state index in [0.717, 1.165) is 12.4 Å². The summed E-state index contributed by atoms with van der Waals surface area (Å²) in [6, 6.07) is 8.14. The molecule has 1 aliphatic carbocycles. The van der Waals surface area contributed by atoms with E-state index in [4.69, 9.17) is 9.15 Å². The Hall–Kier alpha value is -3.29. The number of hydrogen-bond acceptors (Lipinski definition) is 6. The number of para-hydroxylation sites is 1. The number of nitrogens with one attached hydrogen (secondary N) is 1. The van der Waals surface area contributed by atoms with Crippen molar-refractivity contribution in [1.82, 2.24) is 15.3 Å². The zero-order valence-electron chi connectivity index (χ0n) is 14.9. The summed E-state index contributed by atoms with van der Waals surface area (Å²) in [7, 11) is 0. The molecule has 0 atom stereocenters. The molecule has 1 fully saturated rings. The molecular formula is C20H18FN3O4. The van der Waals surface area contributed by atoms with Crippen molar-refractivity contribution in [2.75, 3.05) is 0 Å². The van der Waals surface area contributed by atoms with E-state index in [1.165, 1.54) is 6.07 Å². The average Bonchev–Trinajstić information content (AvgIpc) is 2.71. The fourth-order valence-corrected chi connectivity index (χ4v) is 3.31. The molecule has 3 aromatic rings. The normalized spacial score (nSPS) is 19.3. The highest BCUT2D eigenvalue weighted by molar-refractivity contribution is 5.93. The zero-order chi connectivity index (χ0) is 19.5. The Balaban J connectivity index is 1.35. The Morgan fingerprint density at radius 1 is 1.14 bits per heavy atom. The molecule has 0 saturated heterocycles. The lowest BCUT2D eigenvalue weighted by molar-refractivity contribution is 0.0859. The lowest BCUT2D eigenvalue weighted by atomic mass is 9.93. The molecule has 2 aromatic heterocycles. The van der Waals surface area contributed by atoms with Crippen LogP contribution in [0, 0.1) is 5.82 Å². The molecule has 0 aliphatic heterocycles. The van der Waals surface area contributed by atoms with Crippen molar-refractivity contribution in [3.63, 3.8) is 0 Å². The van der Waals surface area contributed by atoms with Crippen LogP contribution in [0.4, 0.5) is 4.39 Å². The van der Waals surface area contributed by atoms with Crippen molar-refractivity contribution in [2.24, 2.45) is 0 Å². The summed E-state index contributed by atoms with van der Waals surface area (Å²) in [6.45, 7) is 0. The SMILES string of the molecule is O=C(NC1CCC(Oc2ncc(F)cn2)CC1)c1cc(=O)c2ccccc2o1. The van der Waals surface area contributed by atoms with E-state index < -0.39 is 11.7 Å². The second-order valence-corrected chi connectivity index (χ2v) is 6.72. The molecule has 1 amide bonds. The molecule has 1 aliphatic rings. The lowest BCUT2D eigenvalue weighted by Crippen LogP contribution is -2.40. The van der Waals surface area contributed by atoms with Crippen LogP contribution in [0.25, 0.3) is 11.0 Å². The molecular weight excluding hydrogens is 365 g/mol. The van der Waals surface area contributed by atoms with Crippen molar-refractivity contribution in [3.8, 4) is 6.01 Å². The van der Waals surface area contributed by atoms with Crippen molar-refractivity contribution in [1.29, 1.82) is 0 Å². The third-order valence-electron chi connectivity index (χ3n) is 4.74. The van der Waals surface area contributed by atoms with Crippen molar-refractivity contribution in [2.45, 2.75) is 37.8 Å². The number of nitrogens with zero attached hydrogens (tertiary/aromatic N) is 2. The van der Waals surface area contributed by atoms with Crippen LogP contribution < -0.4 is 15.5 Å². The number of rotatable bonds is 4. The summed E-state index contributed by atoms with van der Waals surface area (Å²) in [4.78, 5) is 32.2. The number of hydrogen-bond donors (Lipinski definition) is 1. The minimum Gasteiger partial charge on any atom is -0.460 e. The van der Waals surface area contributed by atoms with E-state index in [2.05, 4.69) is 15.3 Å². The van der Waals surface area contributed by atoms with E-state index in [0.29, 0.717) is 36.7 Å². The number of amides is 1. The number of benzene rings is 1. The first-order chi connectivity index (χ1) is 13.6. The fraction of sp³-hybridized carbons (Fsp3) is 0.300. The number of ether oxygens (including phenoxy) is 1. The third-order valence-corrected chi connectivity index (χ3v) is 4.74. The van der Waals surface area contributed by atoms with E-state index in [9.17, 15) is 14.0 Å². The Bertz CT molecular complexity index is 1040. The van der Waals surface area contributed by atoms with Gasteiger partial charge in [-0.15, -0.1) is 0 Å². The van der Waals surface area contributed by atoms with Gasteiger partial charge in [0.05, 0.1) is 17.8 Å². The monoisotopic (exact) mass is 383 g/mol. The standard InChI is InChI=1S/C20H18FN3O4/c21-12-10-22-20(23-11-12)27-14-7-5-13(6-8-14)24-19(26)18-9-16(25)15-3-1-2-4-17(15)28-18/h1-4,9-11,13-14H,5-8H2,(H,24,26). The maximum atomic E-state index is 12.8. The van der Waals surface area contributed by atoms with Crippen LogP contribution in [0.3, 0.4) is 0 Å². The highest BCUT2D eigenvalue weighted by atomic mass is 19.1. The molecule has 0 bridgehead atoms. The van der Waals surface area contributed by atoms with Crippen molar-refractivity contribution in [3.05, 3.63) is 64.5 Å².